The van der Waals surface area contributed by atoms with E-state index in [2.05, 4.69) is 10.6 Å². The molecular weight excluding hydrogens is 330 g/mol. The number of rotatable bonds is 5. The zero-order valence-corrected chi connectivity index (χ0v) is 14.7. The first kappa shape index (κ1) is 17.8. The molecule has 0 radical (unpaired) electrons. The van der Waals surface area contributed by atoms with Crippen molar-refractivity contribution in [3.8, 4) is 0 Å². The van der Waals surface area contributed by atoms with E-state index in [-0.39, 0.29) is 23.6 Å². The third-order valence-electron chi connectivity index (χ3n) is 4.40. The van der Waals surface area contributed by atoms with E-state index in [9.17, 15) is 14.4 Å². The third kappa shape index (κ3) is 3.23. The van der Waals surface area contributed by atoms with E-state index in [0.717, 1.165) is 0 Å². The molecule has 6 heteroatoms. The summed E-state index contributed by atoms with van der Waals surface area (Å²) in [6.07, 6.45) is 0.305. The molecule has 0 aromatic heterocycles. The monoisotopic (exact) mass is 351 g/mol. The number of benzene rings is 2. The Morgan fingerprint density at radius 2 is 1.58 bits per heavy atom. The molecule has 4 N–H and O–H groups in total. The lowest BCUT2D eigenvalue weighted by atomic mass is 9.84. The van der Waals surface area contributed by atoms with Gasteiger partial charge in [-0.25, -0.2) is 0 Å². The number of carbonyl (C=O) groups is 3. The molecule has 6 nitrogen and oxygen atoms in total. The van der Waals surface area contributed by atoms with Crippen LogP contribution in [0.2, 0.25) is 0 Å². The molecule has 2 aromatic rings. The van der Waals surface area contributed by atoms with E-state index in [1.165, 1.54) is 0 Å². The molecule has 0 saturated carbocycles. The Morgan fingerprint density at radius 1 is 1.00 bits per heavy atom. The molecule has 134 valence electrons. The van der Waals surface area contributed by atoms with Crippen LogP contribution in [0.1, 0.15) is 52.1 Å². The lowest BCUT2D eigenvalue weighted by molar-refractivity contribution is -0.122. The normalized spacial score (nSPS) is 14.9. The van der Waals surface area contributed by atoms with Crippen LogP contribution in [0.25, 0.3) is 0 Å². The predicted molar refractivity (Wildman–Crippen MR) is 99.2 cm³/mol. The highest BCUT2D eigenvalue weighted by atomic mass is 16.2. The lowest BCUT2D eigenvalue weighted by Gasteiger charge is -2.23. The van der Waals surface area contributed by atoms with E-state index in [1.807, 2.05) is 6.92 Å². The van der Waals surface area contributed by atoms with E-state index in [0.29, 0.717) is 34.4 Å². The minimum absolute atomic E-state index is 0.154. The van der Waals surface area contributed by atoms with Crippen LogP contribution in [0, 0.1) is 0 Å². The largest absolute Gasteiger partial charge is 0.365 e. The zero-order valence-electron chi connectivity index (χ0n) is 14.7. The van der Waals surface area contributed by atoms with Gasteiger partial charge in [0.05, 0.1) is 12.2 Å². The molecule has 2 atom stereocenters. The number of carbonyl (C=O) groups excluding carboxylic acids is 3. The van der Waals surface area contributed by atoms with Crippen LogP contribution in [-0.2, 0) is 4.79 Å². The van der Waals surface area contributed by atoms with Gasteiger partial charge in [0, 0.05) is 27.9 Å². The molecule has 1 aliphatic rings. The van der Waals surface area contributed by atoms with Gasteiger partial charge in [0.25, 0.3) is 0 Å². The van der Waals surface area contributed by atoms with Crippen molar-refractivity contribution >= 4 is 23.2 Å². The number of fused-ring (bicyclic) bond motifs is 2. The van der Waals surface area contributed by atoms with Crippen molar-refractivity contribution in [3.63, 3.8) is 0 Å². The number of anilines is 1. The van der Waals surface area contributed by atoms with E-state index < -0.39 is 6.04 Å². The second-order valence-electron chi connectivity index (χ2n) is 6.37. The predicted octanol–water partition coefficient (Wildman–Crippen LogP) is 2.07. The molecule has 0 spiro atoms. The Hall–Kier alpha value is -2.99. The smallest absolute Gasteiger partial charge is 0.238 e. The van der Waals surface area contributed by atoms with Crippen molar-refractivity contribution < 1.29 is 14.4 Å². The highest BCUT2D eigenvalue weighted by molar-refractivity contribution is 6.28. The maximum atomic E-state index is 12.8. The summed E-state index contributed by atoms with van der Waals surface area (Å²) in [5, 5.41) is 5.98. The number of nitrogens with two attached hydrogens (primary N) is 1. The average molecular weight is 351 g/mol. The molecule has 3 rings (SSSR count). The second kappa shape index (κ2) is 7.09. The number of hydrogen-bond acceptors (Lipinski definition) is 5. The van der Waals surface area contributed by atoms with E-state index >= 15 is 0 Å². The van der Waals surface area contributed by atoms with Gasteiger partial charge in [-0.1, -0.05) is 31.2 Å². The van der Waals surface area contributed by atoms with Gasteiger partial charge < -0.3 is 16.4 Å². The molecule has 0 saturated heterocycles. The third-order valence-corrected chi connectivity index (χ3v) is 4.40. The summed E-state index contributed by atoms with van der Waals surface area (Å²) < 4.78 is 0. The van der Waals surface area contributed by atoms with Gasteiger partial charge in [0.1, 0.15) is 0 Å². The summed E-state index contributed by atoms with van der Waals surface area (Å²) in [5.74, 6) is -0.590. The standard InChI is InChI=1S/C20H21N3O3/c1-3-17(23-20(26)11(2)21)22-12-8-9-15-16(10-12)19(25)14-7-5-4-6-13(14)18(15)24/h4-11,17,22H,3,21H2,1-2H3,(H,23,26)/t11-,17?/m0/s1. The molecule has 1 amide bonds. The van der Waals surface area contributed by atoms with Gasteiger partial charge in [0.2, 0.25) is 5.91 Å². The maximum Gasteiger partial charge on any atom is 0.238 e. The van der Waals surface area contributed by atoms with Crippen molar-refractivity contribution in [2.24, 2.45) is 5.73 Å². The molecule has 1 unspecified atom stereocenters. The number of amides is 1. The summed E-state index contributed by atoms with van der Waals surface area (Å²) in [7, 11) is 0. The first-order valence-corrected chi connectivity index (χ1v) is 8.57. The van der Waals surface area contributed by atoms with Gasteiger partial charge in [-0.15, -0.1) is 0 Å². The van der Waals surface area contributed by atoms with Gasteiger partial charge >= 0.3 is 0 Å². The maximum absolute atomic E-state index is 12.8. The molecular formula is C20H21N3O3. The Morgan fingerprint density at radius 3 is 2.15 bits per heavy atom. The molecule has 0 heterocycles. The molecule has 0 fully saturated rings. The van der Waals surface area contributed by atoms with Gasteiger partial charge in [-0.3, -0.25) is 14.4 Å². The summed E-state index contributed by atoms with van der Waals surface area (Å²) in [4.78, 5) is 37.2. The van der Waals surface area contributed by atoms with Crippen LogP contribution in [-0.4, -0.2) is 29.7 Å². The summed E-state index contributed by atoms with van der Waals surface area (Å²) in [5.41, 5.74) is 7.84. The number of hydrogen-bond donors (Lipinski definition) is 3. The SMILES string of the molecule is CCC(NC(=O)[C@H](C)N)Nc1ccc2c(c1)C(=O)c1ccccc1C2=O. The fourth-order valence-corrected chi connectivity index (χ4v) is 2.93. The first-order chi connectivity index (χ1) is 12.4. The Labute approximate surface area is 151 Å². The van der Waals surface area contributed by atoms with Gasteiger partial charge in [-0.05, 0) is 31.5 Å². The highest BCUT2D eigenvalue weighted by Crippen LogP contribution is 2.29. The fourth-order valence-electron chi connectivity index (χ4n) is 2.93. The molecule has 26 heavy (non-hydrogen) atoms. The molecule has 0 bridgehead atoms. The van der Waals surface area contributed by atoms with Crippen LogP contribution >= 0.6 is 0 Å². The molecule has 2 aromatic carbocycles. The van der Waals surface area contributed by atoms with Crippen LogP contribution in [0.3, 0.4) is 0 Å². The minimum Gasteiger partial charge on any atom is -0.365 e. The molecule has 1 aliphatic carbocycles. The number of ketones is 2. The van der Waals surface area contributed by atoms with Crippen molar-refractivity contribution in [1.82, 2.24) is 5.32 Å². The van der Waals surface area contributed by atoms with Crippen molar-refractivity contribution in [3.05, 3.63) is 64.7 Å². The summed E-state index contributed by atoms with van der Waals surface area (Å²) >= 11 is 0. The van der Waals surface area contributed by atoms with Crippen LogP contribution in [0.15, 0.2) is 42.5 Å². The van der Waals surface area contributed by atoms with Crippen LogP contribution in [0.4, 0.5) is 5.69 Å². The number of nitrogens with one attached hydrogen (secondary N) is 2. The van der Waals surface area contributed by atoms with E-state index in [1.54, 1.807) is 49.4 Å². The van der Waals surface area contributed by atoms with Gasteiger partial charge in [0.15, 0.2) is 11.6 Å². The quantitative estimate of drug-likeness (QED) is 0.611. The minimum atomic E-state index is -0.606. The van der Waals surface area contributed by atoms with E-state index in [4.69, 9.17) is 5.73 Å². The Bertz CT molecular complexity index is 890. The first-order valence-electron chi connectivity index (χ1n) is 8.57. The van der Waals surface area contributed by atoms with Crippen molar-refractivity contribution in [2.75, 3.05) is 5.32 Å². The van der Waals surface area contributed by atoms with Crippen LogP contribution in [0.5, 0.6) is 0 Å². The van der Waals surface area contributed by atoms with Gasteiger partial charge in [-0.2, -0.15) is 0 Å². The Kier molecular flexibility index (Phi) is 4.86. The van der Waals surface area contributed by atoms with Crippen molar-refractivity contribution in [1.29, 1.82) is 0 Å². The topological polar surface area (TPSA) is 101 Å². The highest BCUT2D eigenvalue weighted by Gasteiger charge is 2.29. The summed E-state index contributed by atoms with van der Waals surface area (Å²) in [6.45, 7) is 3.53. The molecule has 0 aliphatic heterocycles. The second-order valence-corrected chi connectivity index (χ2v) is 6.37. The fraction of sp³-hybridized carbons (Fsp3) is 0.250. The lowest BCUT2D eigenvalue weighted by Crippen LogP contribution is -2.46. The van der Waals surface area contributed by atoms with Crippen molar-refractivity contribution in [2.45, 2.75) is 32.5 Å². The average Bonchev–Trinajstić information content (AvgIpc) is 2.65. The zero-order chi connectivity index (χ0) is 18.8. The van der Waals surface area contributed by atoms with Crippen LogP contribution < -0.4 is 16.4 Å². The summed E-state index contributed by atoms with van der Waals surface area (Å²) in [6, 6.07) is 11.3. The Balaban J connectivity index is 1.88.